The number of fused-ring (bicyclic) bond motifs is 11. The molecule has 0 fully saturated rings. The Morgan fingerprint density at radius 3 is 1.04 bits per heavy atom. The third-order valence-electron chi connectivity index (χ3n) is 20.5. The fraction of sp³-hybridized carbons (Fsp3) is 0.209. The van der Waals surface area contributed by atoms with Gasteiger partial charge in [0.2, 0.25) is 0 Å². The molecule has 0 spiro atoms. The maximum Gasteiger partial charge on any atom is 0.160 e. The van der Waals surface area contributed by atoms with E-state index >= 15 is 0 Å². The molecule has 1 atom stereocenters. The first-order chi connectivity index (χ1) is 46.8. The van der Waals surface area contributed by atoms with Crippen molar-refractivity contribution in [1.82, 2.24) is 0 Å². The van der Waals surface area contributed by atoms with Crippen LogP contribution >= 0.6 is 0 Å². The van der Waals surface area contributed by atoms with E-state index in [1.807, 2.05) is 0 Å². The highest BCUT2D eigenvalue weighted by Gasteiger charge is 2.51. The predicted octanol–water partition coefficient (Wildman–Crippen LogP) is 25.2. The van der Waals surface area contributed by atoms with Crippen molar-refractivity contribution in [2.75, 3.05) is 14.7 Å². The molecule has 0 saturated carbocycles. The van der Waals surface area contributed by atoms with E-state index in [0.29, 0.717) is 0 Å². The largest absolute Gasteiger partial charge is 0.455 e. The molecule has 0 saturated heterocycles. The van der Waals surface area contributed by atoms with E-state index in [1.54, 1.807) is 0 Å². The number of para-hydroxylation sites is 4. The molecule has 1 unspecified atom stereocenters. The Morgan fingerprint density at radius 2 is 0.612 bits per heavy atom. The number of hydrogen-bond acceptors (Lipinski definition) is 5. The summed E-state index contributed by atoms with van der Waals surface area (Å²) in [5, 5.41) is 6.98. The first-order valence-corrected chi connectivity index (χ1v) is 41.9. The molecule has 1 aliphatic carbocycles. The number of hydrogen-bond donors (Lipinski definition) is 0. The van der Waals surface area contributed by atoms with Crippen molar-refractivity contribution in [2.24, 2.45) is 0 Å². The van der Waals surface area contributed by atoms with Gasteiger partial charge < -0.3 is 23.5 Å². The van der Waals surface area contributed by atoms with Gasteiger partial charge in [-0.05, 0) is 164 Å². The van der Waals surface area contributed by atoms with Crippen LogP contribution in [0.1, 0.15) is 101 Å². The van der Waals surface area contributed by atoms with Gasteiger partial charge in [-0.15, -0.1) is 0 Å². The molecule has 15 rings (SSSR count). The van der Waals surface area contributed by atoms with Crippen LogP contribution in [-0.4, -0.2) is 16.1 Å². The summed E-state index contributed by atoms with van der Waals surface area (Å²) in [6.07, 6.45) is 0. The van der Waals surface area contributed by atoms with Gasteiger partial charge in [-0.2, -0.15) is 0 Å². The molecule has 488 valence electrons. The van der Waals surface area contributed by atoms with E-state index in [0.717, 1.165) is 128 Å². The second-order valence-corrected chi connectivity index (χ2v) is 42.4. The topological polar surface area (TPSA) is 36.0 Å². The second kappa shape index (κ2) is 23.7. The Bertz CT molecular complexity index is 5230. The lowest BCUT2D eigenvalue weighted by Crippen LogP contribution is -2.37. The first kappa shape index (κ1) is 64.1. The summed E-state index contributed by atoms with van der Waals surface area (Å²) in [4.78, 5) is 7.35. The monoisotopic (exact) mass is 1310 g/mol. The Morgan fingerprint density at radius 1 is 0.296 bits per heavy atom. The van der Waals surface area contributed by atoms with Crippen LogP contribution in [0.3, 0.4) is 0 Å². The van der Waals surface area contributed by atoms with Gasteiger partial charge in [-0.1, -0.05) is 270 Å². The minimum atomic E-state index is -1.70. The van der Waals surface area contributed by atoms with E-state index in [2.05, 4.69) is 383 Å². The fourth-order valence-corrected chi connectivity index (χ4v) is 17.4. The maximum absolute atomic E-state index is 7.74. The molecular weight excluding hydrogens is 1220 g/mol. The molecule has 0 bridgehead atoms. The van der Waals surface area contributed by atoms with E-state index < -0.39 is 21.6 Å². The molecule has 2 aromatic heterocycles. The highest BCUT2D eigenvalue weighted by atomic mass is 28.3. The molecule has 1 aliphatic rings. The van der Waals surface area contributed by atoms with Crippen LogP contribution in [0.4, 0.5) is 51.2 Å². The van der Waals surface area contributed by atoms with Gasteiger partial charge in [0.05, 0.1) is 38.3 Å². The van der Waals surface area contributed by atoms with Gasteiger partial charge >= 0.3 is 0 Å². The smallest absolute Gasteiger partial charge is 0.160 e. The van der Waals surface area contributed by atoms with Gasteiger partial charge in [-0.3, -0.25) is 0 Å². The van der Waals surface area contributed by atoms with Crippen molar-refractivity contribution >= 4 is 122 Å². The molecule has 12 aromatic carbocycles. The summed E-state index contributed by atoms with van der Waals surface area (Å²) >= 11 is 0. The lowest BCUT2D eigenvalue weighted by molar-refractivity contribution is 0.589. The van der Waals surface area contributed by atoms with E-state index in [-0.39, 0.29) is 16.2 Å². The van der Waals surface area contributed by atoms with E-state index in [9.17, 15) is 0 Å². The van der Waals surface area contributed by atoms with Crippen molar-refractivity contribution in [3.8, 4) is 11.1 Å². The molecule has 5 nitrogen and oxygen atoms in total. The zero-order chi connectivity index (χ0) is 68.4. The maximum atomic E-state index is 7.74. The summed E-state index contributed by atoms with van der Waals surface area (Å²) in [5.41, 5.74) is 22.0. The van der Waals surface area contributed by atoms with Crippen LogP contribution in [0, 0.1) is 0 Å². The quantitative estimate of drug-likeness (QED) is 0.108. The summed E-state index contributed by atoms with van der Waals surface area (Å²) < 4.78 is 15.3. The van der Waals surface area contributed by atoms with Crippen molar-refractivity contribution in [3.63, 3.8) is 0 Å². The minimum absolute atomic E-state index is 0.0124. The van der Waals surface area contributed by atoms with Crippen LogP contribution in [-0.2, 0) is 21.7 Å². The zero-order valence-corrected chi connectivity index (χ0v) is 61.6. The van der Waals surface area contributed by atoms with Gasteiger partial charge in [0, 0.05) is 67.1 Å². The van der Waals surface area contributed by atoms with Crippen LogP contribution in [0.2, 0.25) is 39.3 Å². The Balaban J connectivity index is 1.12. The Hall–Kier alpha value is -9.93. The number of nitrogens with zero attached hydrogens (tertiary/aromatic N) is 3. The number of furan rings is 2. The summed E-state index contributed by atoms with van der Waals surface area (Å²) in [6.45, 7) is 35.2. The average Bonchev–Trinajstić information content (AvgIpc) is 1.50. The SMILES string of the molecule is CC(C)(C)c1ccc(N(c2ccc(C(C)(C)C)cc2)c2ccc(C3(c4ccc(C(C)(C)C)cc4)c4cc(N(c5ccccc5)c5ccc([Si](C)(C)C)cc5)c5c(oc6ccccc65)c4-c4c3cc(N(c3ccccc3)c3ccc([Si](C)(C)C)cc3)c3oc5ccccc5c43)cc2)cc1. The molecule has 2 heterocycles. The van der Waals surface area contributed by atoms with Crippen LogP contribution in [0.25, 0.3) is 55.0 Å². The van der Waals surface area contributed by atoms with Gasteiger partial charge in [0.15, 0.2) is 5.58 Å². The summed E-state index contributed by atoms with van der Waals surface area (Å²) in [5.74, 6) is 0. The Labute approximate surface area is 581 Å². The lowest BCUT2D eigenvalue weighted by Gasteiger charge is -2.37. The highest BCUT2D eigenvalue weighted by Crippen LogP contribution is 2.65. The summed E-state index contributed by atoms with van der Waals surface area (Å²) in [6, 6.07) is 101. The number of benzene rings is 12. The van der Waals surface area contributed by atoms with Crippen molar-refractivity contribution in [1.29, 1.82) is 0 Å². The van der Waals surface area contributed by atoms with Gasteiger partial charge in [0.25, 0.3) is 0 Å². The van der Waals surface area contributed by atoms with Crippen molar-refractivity contribution < 1.29 is 8.83 Å². The van der Waals surface area contributed by atoms with E-state index in [4.69, 9.17) is 8.83 Å². The summed E-state index contributed by atoms with van der Waals surface area (Å²) in [7, 11) is -3.39. The Kier molecular flexibility index (Phi) is 15.5. The third kappa shape index (κ3) is 11.0. The van der Waals surface area contributed by atoms with Crippen LogP contribution < -0.4 is 25.1 Å². The van der Waals surface area contributed by atoms with Crippen LogP contribution in [0.15, 0.2) is 276 Å². The molecule has 14 aromatic rings. The van der Waals surface area contributed by atoms with Crippen molar-refractivity contribution in [3.05, 3.63) is 306 Å². The zero-order valence-electron chi connectivity index (χ0n) is 59.6. The molecule has 98 heavy (non-hydrogen) atoms. The van der Waals surface area contributed by atoms with Crippen LogP contribution in [0.5, 0.6) is 0 Å². The number of rotatable bonds is 13. The molecule has 7 heteroatoms. The van der Waals surface area contributed by atoms with Crippen molar-refractivity contribution in [2.45, 2.75) is 123 Å². The first-order valence-electron chi connectivity index (χ1n) is 34.9. The van der Waals surface area contributed by atoms with E-state index in [1.165, 1.54) is 27.1 Å². The molecule has 0 amide bonds. The third-order valence-corrected chi connectivity index (χ3v) is 24.7. The molecule has 0 N–H and O–H groups in total. The molecule has 0 aliphatic heterocycles. The number of anilines is 9. The second-order valence-electron chi connectivity index (χ2n) is 32.2. The average molecular weight is 1310 g/mol. The fourth-order valence-electron chi connectivity index (χ4n) is 15.1. The highest BCUT2D eigenvalue weighted by molar-refractivity contribution is 6.89. The molecule has 0 radical (unpaired) electrons. The van der Waals surface area contributed by atoms with Gasteiger partial charge in [-0.25, -0.2) is 0 Å². The minimum Gasteiger partial charge on any atom is -0.455 e. The standard InChI is InChI=1S/C91H89N3O2Si2/c1-88(2,3)60-34-36-63(37-35-60)91(64-42-48-69(49-43-64)92(67-44-38-61(39-45-67)89(4,5)6)68-46-40-62(41-47-68)90(7,8)9)76-59-79(94(66-28-20-17-21-29-66)71-52-56-73(57-53-71)98(13,14)15)86-83(75-31-23-25-33-81(75)95-86)84(76)85-77(91)58-78(82-74-30-22-24-32-80(74)96-87(82)85)93(65-26-18-16-19-27-65)70-50-54-72(55-51-70)97(10,11)12/h16-59H,1-15H3. The predicted molar refractivity (Wildman–Crippen MR) is 424 cm³/mol. The lowest BCUT2D eigenvalue weighted by atomic mass is 9.67. The molecular formula is C91H89N3O2Si2. The van der Waals surface area contributed by atoms with Gasteiger partial charge in [0.1, 0.15) is 16.7 Å². The normalized spacial score (nSPS) is 14.3.